The third kappa shape index (κ3) is 3.85. The van der Waals surface area contributed by atoms with Crippen LogP contribution < -0.4 is 0 Å². The van der Waals surface area contributed by atoms with Crippen LogP contribution in [0.25, 0.3) is 5.57 Å². The van der Waals surface area contributed by atoms with Gasteiger partial charge in [-0.05, 0) is 26.3 Å². The molecule has 0 fully saturated rings. The largest absolute Gasteiger partial charge is 0.377 e. The minimum absolute atomic E-state index is 0.0677. The maximum Gasteiger partial charge on any atom is 0.195 e. The Balaban J connectivity index is 2.44. The molecule has 0 aliphatic rings. The van der Waals surface area contributed by atoms with Gasteiger partial charge in [-0.15, -0.1) is 0 Å². The van der Waals surface area contributed by atoms with Crippen LogP contribution in [0.2, 0.25) is 0 Å². The molecule has 2 nitrogen and oxygen atoms in total. The molecule has 0 aromatic heterocycles. The van der Waals surface area contributed by atoms with Gasteiger partial charge < -0.3 is 4.90 Å². The molecule has 0 bridgehead atoms. The SMILES string of the molecule is CCN(/C=C(/C(=O)c1ccc(C)cc1)c1ccccc1)CC. The molecule has 22 heavy (non-hydrogen) atoms. The molecule has 0 heterocycles. The van der Waals surface area contributed by atoms with Gasteiger partial charge in [-0.3, -0.25) is 4.79 Å². The molecule has 0 aliphatic carbocycles. The van der Waals surface area contributed by atoms with E-state index in [9.17, 15) is 4.79 Å². The molecule has 0 spiro atoms. The zero-order chi connectivity index (χ0) is 15.9. The fraction of sp³-hybridized carbons (Fsp3) is 0.250. The summed E-state index contributed by atoms with van der Waals surface area (Å²) in [6, 6.07) is 17.6. The number of aryl methyl sites for hydroxylation is 1. The van der Waals surface area contributed by atoms with Crippen molar-refractivity contribution in [1.29, 1.82) is 0 Å². The van der Waals surface area contributed by atoms with Crippen molar-refractivity contribution in [3.63, 3.8) is 0 Å². The Morgan fingerprint density at radius 3 is 2.05 bits per heavy atom. The predicted octanol–water partition coefficient (Wildman–Crippen LogP) is 4.56. The second-order valence-corrected chi connectivity index (χ2v) is 5.33. The third-order valence-corrected chi connectivity index (χ3v) is 3.77. The lowest BCUT2D eigenvalue weighted by atomic mass is 9.97. The minimum Gasteiger partial charge on any atom is -0.377 e. The van der Waals surface area contributed by atoms with Gasteiger partial charge in [0.15, 0.2) is 5.78 Å². The lowest BCUT2D eigenvalue weighted by molar-refractivity contribution is 0.105. The quantitative estimate of drug-likeness (QED) is 0.575. The Morgan fingerprint density at radius 1 is 0.909 bits per heavy atom. The van der Waals surface area contributed by atoms with Crippen LogP contribution in [-0.4, -0.2) is 23.8 Å². The molecule has 0 atom stereocenters. The normalized spacial score (nSPS) is 11.3. The van der Waals surface area contributed by atoms with E-state index in [0.717, 1.165) is 35.4 Å². The Kier molecular flexibility index (Phi) is 5.54. The number of ketones is 1. The molecule has 0 aliphatic heterocycles. The molecular weight excluding hydrogens is 270 g/mol. The van der Waals surface area contributed by atoms with Crippen molar-refractivity contribution in [1.82, 2.24) is 4.90 Å². The highest BCUT2D eigenvalue weighted by atomic mass is 16.1. The molecule has 0 saturated heterocycles. The molecule has 0 saturated carbocycles. The van der Waals surface area contributed by atoms with E-state index < -0.39 is 0 Å². The van der Waals surface area contributed by atoms with E-state index in [1.54, 1.807) is 0 Å². The fourth-order valence-electron chi connectivity index (χ4n) is 2.33. The van der Waals surface area contributed by atoms with Gasteiger partial charge in [-0.1, -0.05) is 60.2 Å². The second kappa shape index (κ2) is 7.60. The number of nitrogens with zero attached hydrogens (tertiary/aromatic N) is 1. The number of carbonyl (C=O) groups is 1. The average Bonchev–Trinajstić information content (AvgIpc) is 2.57. The van der Waals surface area contributed by atoms with E-state index in [1.807, 2.05) is 67.7 Å². The van der Waals surface area contributed by atoms with Crippen LogP contribution in [0.1, 0.15) is 35.3 Å². The Morgan fingerprint density at radius 2 is 1.50 bits per heavy atom. The van der Waals surface area contributed by atoms with Crippen molar-refractivity contribution in [2.75, 3.05) is 13.1 Å². The first-order chi connectivity index (χ1) is 10.7. The van der Waals surface area contributed by atoms with Crippen LogP contribution in [0.15, 0.2) is 60.8 Å². The summed E-state index contributed by atoms with van der Waals surface area (Å²) in [5.74, 6) is 0.0677. The maximum absolute atomic E-state index is 12.9. The van der Waals surface area contributed by atoms with Crippen LogP contribution in [0.5, 0.6) is 0 Å². The highest BCUT2D eigenvalue weighted by Crippen LogP contribution is 2.21. The standard InChI is InChI=1S/C20H23NO/c1-4-21(5-2)15-19(17-9-7-6-8-10-17)20(22)18-13-11-16(3)12-14-18/h6-15H,4-5H2,1-3H3/b19-15+. The van der Waals surface area contributed by atoms with E-state index in [-0.39, 0.29) is 5.78 Å². The van der Waals surface area contributed by atoms with Crippen molar-refractivity contribution in [2.45, 2.75) is 20.8 Å². The second-order valence-electron chi connectivity index (χ2n) is 5.33. The zero-order valence-electron chi connectivity index (χ0n) is 13.5. The first-order valence-corrected chi connectivity index (χ1v) is 7.78. The Hall–Kier alpha value is -2.35. The van der Waals surface area contributed by atoms with Crippen LogP contribution in [0, 0.1) is 6.92 Å². The van der Waals surface area contributed by atoms with E-state index >= 15 is 0 Å². The van der Waals surface area contributed by atoms with Gasteiger partial charge in [-0.2, -0.15) is 0 Å². The van der Waals surface area contributed by atoms with E-state index in [4.69, 9.17) is 0 Å². The number of Topliss-reactive ketones (excluding diaryl/α,β-unsaturated/α-hetero) is 1. The first kappa shape index (κ1) is 16.0. The molecule has 114 valence electrons. The van der Waals surface area contributed by atoms with Crippen LogP contribution in [0.4, 0.5) is 0 Å². The number of hydrogen-bond acceptors (Lipinski definition) is 2. The molecular formula is C20H23NO. The summed E-state index contributed by atoms with van der Waals surface area (Å²) >= 11 is 0. The van der Waals surface area contributed by atoms with E-state index in [0.29, 0.717) is 0 Å². The van der Waals surface area contributed by atoms with Crippen LogP contribution in [0.3, 0.4) is 0 Å². The first-order valence-electron chi connectivity index (χ1n) is 7.78. The summed E-state index contributed by atoms with van der Waals surface area (Å²) in [5.41, 5.74) is 3.59. The number of benzene rings is 2. The summed E-state index contributed by atoms with van der Waals surface area (Å²) < 4.78 is 0. The zero-order valence-corrected chi connectivity index (χ0v) is 13.5. The van der Waals surface area contributed by atoms with Gasteiger partial charge >= 0.3 is 0 Å². The molecule has 2 aromatic rings. The number of rotatable bonds is 6. The summed E-state index contributed by atoms with van der Waals surface area (Å²) in [6.07, 6.45) is 1.98. The van der Waals surface area contributed by atoms with Gasteiger partial charge in [0.05, 0.1) is 0 Å². The summed E-state index contributed by atoms with van der Waals surface area (Å²) in [5, 5.41) is 0. The molecule has 0 unspecified atom stereocenters. The fourth-order valence-corrected chi connectivity index (χ4v) is 2.33. The minimum atomic E-state index is 0.0677. The number of hydrogen-bond donors (Lipinski definition) is 0. The predicted molar refractivity (Wildman–Crippen MR) is 92.8 cm³/mol. The smallest absolute Gasteiger partial charge is 0.195 e. The van der Waals surface area contributed by atoms with Crippen LogP contribution >= 0.6 is 0 Å². The van der Waals surface area contributed by atoms with Gasteiger partial charge in [0.25, 0.3) is 0 Å². The molecule has 0 N–H and O–H groups in total. The lowest BCUT2D eigenvalue weighted by Crippen LogP contribution is -2.18. The third-order valence-electron chi connectivity index (χ3n) is 3.77. The highest BCUT2D eigenvalue weighted by Gasteiger charge is 2.15. The van der Waals surface area contributed by atoms with Gasteiger partial charge in [0.2, 0.25) is 0 Å². The summed E-state index contributed by atoms with van der Waals surface area (Å²) in [7, 11) is 0. The Labute approximate surface area is 133 Å². The van der Waals surface area contributed by atoms with Gasteiger partial charge in [0.1, 0.15) is 0 Å². The van der Waals surface area contributed by atoms with Crippen LogP contribution in [-0.2, 0) is 0 Å². The Bertz CT molecular complexity index is 637. The van der Waals surface area contributed by atoms with E-state index in [2.05, 4.69) is 18.7 Å². The monoisotopic (exact) mass is 293 g/mol. The van der Waals surface area contributed by atoms with Gasteiger partial charge in [0, 0.05) is 30.4 Å². The van der Waals surface area contributed by atoms with Crippen molar-refractivity contribution < 1.29 is 4.79 Å². The number of carbonyl (C=O) groups excluding carboxylic acids is 1. The molecule has 0 amide bonds. The maximum atomic E-state index is 12.9. The van der Waals surface area contributed by atoms with Crippen molar-refractivity contribution in [3.05, 3.63) is 77.5 Å². The molecule has 2 heteroatoms. The average molecular weight is 293 g/mol. The van der Waals surface area contributed by atoms with Gasteiger partial charge in [-0.25, -0.2) is 0 Å². The topological polar surface area (TPSA) is 20.3 Å². The summed E-state index contributed by atoms with van der Waals surface area (Å²) in [4.78, 5) is 15.1. The van der Waals surface area contributed by atoms with Crippen molar-refractivity contribution >= 4 is 11.4 Å². The molecule has 0 radical (unpaired) electrons. The molecule has 2 aromatic carbocycles. The molecule has 2 rings (SSSR count). The highest BCUT2D eigenvalue weighted by molar-refractivity contribution is 6.28. The number of allylic oxidation sites excluding steroid dienone is 1. The summed E-state index contributed by atoms with van der Waals surface area (Å²) in [6.45, 7) is 7.98. The van der Waals surface area contributed by atoms with E-state index in [1.165, 1.54) is 0 Å². The van der Waals surface area contributed by atoms with Crippen molar-refractivity contribution in [3.8, 4) is 0 Å². The lowest BCUT2D eigenvalue weighted by Gasteiger charge is -2.18. The van der Waals surface area contributed by atoms with Crippen molar-refractivity contribution in [2.24, 2.45) is 0 Å².